The summed E-state index contributed by atoms with van der Waals surface area (Å²) >= 11 is 0. The quantitative estimate of drug-likeness (QED) is 0.925. The lowest BCUT2D eigenvalue weighted by molar-refractivity contribution is 0.207. The number of aliphatic hydroxyl groups is 1. The zero-order valence-electron chi connectivity index (χ0n) is 13.1. The highest BCUT2D eigenvalue weighted by atomic mass is 16.3. The molecule has 1 aromatic heterocycles. The van der Waals surface area contributed by atoms with Crippen molar-refractivity contribution < 1.29 is 5.11 Å². The predicted octanol–water partition coefficient (Wildman–Crippen LogP) is 3.47. The first kappa shape index (κ1) is 14.8. The maximum absolute atomic E-state index is 10.7. The molecule has 1 heterocycles. The minimum Gasteiger partial charge on any atom is -0.382 e. The minimum atomic E-state index is -0.609. The van der Waals surface area contributed by atoms with Gasteiger partial charge in [0.1, 0.15) is 6.10 Å². The molecule has 0 bridgehead atoms. The summed E-state index contributed by atoms with van der Waals surface area (Å²) in [5.41, 5.74) is 6.49. The van der Waals surface area contributed by atoms with E-state index in [4.69, 9.17) is 0 Å². The molecule has 0 radical (unpaired) electrons. The maximum Gasteiger partial charge on any atom is 0.121 e. The summed E-state index contributed by atoms with van der Waals surface area (Å²) in [6, 6.07) is 6.25. The summed E-state index contributed by atoms with van der Waals surface area (Å²) < 4.78 is 1.90. The van der Waals surface area contributed by atoms with Crippen molar-refractivity contribution in [3.05, 3.63) is 51.8 Å². The fraction of sp³-hybridized carbons (Fsp3) is 0.471. The van der Waals surface area contributed by atoms with Gasteiger partial charge >= 0.3 is 0 Å². The summed E-state index contributed by atoms with van der Waals surface area (Å²) in [7, 11) is 0. The number of aryl methyl sites for hydroxylation is 5. The SMILES string of the molecule is CCc1cc(C(O)c2cc(C)c(C)cc2C)n(CC)n1. The van der Waals surface area contributed by atoms with Crippen molar-refractivity contribution in [2.75, 3.05) is 0 Å². The van der Waals surface area contributed by atoms with E-state index in [1.54, 1.807) is 0 Å². The van der Waals surface area contributed by atoms with Crippen LogP contribution in [0.5, 0.6) is 0 Å². The summed E-state index contributed by atoms with van der Waals surface area (Å²) in [6.07, 6.45) is 0.278. The van der Waals surface area contributed by atoms with E-state index in [0.29, 0.717) is 0 Å². The monoisotopic (exact) mass is 272 g/mol. The molecule has 108 valence electrons. The summed E-state index contributed by atoms with van der Waals surface area (Å²) in [5.74, 6) is 0. The molecule has 1 unspecified atom stereocenters. The molecule has 1 atom stereocenters. The van der Waals surface area contributed by atoms with E-state index in [1.165, 1.54) is 11.1 Å². The van der Waals surface area contributed by atoms with Gasteiger partial charge in [-0.25, -0.2) is 0 Å². The summed E-state index contributed by atoms with van der Waals surface area (Å²) in [4.78, 5) is 0. The fourth-order valence-electron chi connectivity index (χ4n) is 2.57. The van der Waals surface area contributed by atoms with Crippen LogP contribution in [0.15, 0.2) is 18.2 Å². The van der Waals surface area contributed by atoms with E-state index in [9.17, 15) is 5.11 Å². The molecule has 20 heavy (non-hydrogen) atoms. The Hall–Kier alpha value is -1.61. The standard InChI is InChI=1S/C17H24N2O/c1-6-14-10-16(19(7-2)18-14)17(20)15-9-12(4)11(3)8-13(15)5/h8-10,17,20H,6-7H2,1-5H3. The van der Waals surface area contributed by atoms with Crippen LogP contribution in [0.2, 0.25) is 0 Å². The molecule has 0 aliphatic rings. The van der Waals surface area contributed by atoms with Gasteiger partial charge in [-0.2, -0.15) is 5.10 Å². The van der Waals surface area contributed by atoms with Crippen LogP contribution in [-0.4, -0.2) is 14.9 Å². The lowest BCUT2D eigenvalue weighted by atomic mass is 9.95. The Morgan fingerprint density at radius 3 is 2.30 bits per heavy atom. The Labute approximate surface area is 121 Å². The van der Waals surface area contributed by atoms with Gasteiger partial charge < -0.3 is 5.11 Å². The van der Waals surface area contributed by atoms with E-state index < -0.39 is 6.10 Å². The van der Waals surface area contributed by atoms with Gasteiger partial charge in [-0.15, -0.1) is 0 Å². The average Bonchev–Trinajstić information content (AvgIpc) is 2.85. The topological polar surface area (TPSA) is 38.0 Å². The van der Waals surface area contributed by atoms with Crippen molar-refractivity contribution in [2.24, 2.45) is 0 Å². The molecule has 0 aliphatic carbocycles. The number of benzene rings is 1. The van der Waals surface area contributed by atoms with Gasteiger partial charge in [0.2, 0.25) is 0 Å². The number of hydrogen-bond donors (Lipinski definition) is 1. The van der Waals surface area contributed by atoms with Crippen LogP contribution in [0.1, 0.15) is 53.6 Å². The first-order valence-electron chi connectivity index (χ1n) is 7.30. The molecule has 0 aliphatic heterocycles. The third-order valence-electron chi connectivity index (χ3n) is 3.98. The molecule has 2 aromatic rings. The molecular formula is C17H24N2O. The van der Waals surface area contributed by atoms with E-state index in [0.717, 1.165) is 35.5 Å². The molecule has 0 amide bonds. The number of aliphatic hydroxyl groups excluding tert-OH is 1. The average molecular weight is 272 g/mol. The van der Waals surface area contributed by atoms with E-state index in [1.807, 2.05) is 10.7 Å². The van der Waals surface area contributed by atoms with Crippen LogP contribution >= 0.6 is 0 Å². The Kier molecular flexibility index (Phi) is 4.29. The van der Waals surface area contributed by atoms with E-state index in [2.05, 4.69) is 51.9 Å². The van der Waals surface area contributed by atoms with Crippen LogP contribution in [0.25, 0.3) is 0 Å². The highest BCUT2D eigenvalue weighted by Crippen LogP contribution is 2.27. The molecule has 0 saturated heterocycles. The van der Waals surface area contributed by atoms with Crippen molar-refractivity contribution >= 4 is 0 Å². The molecule has 3 nitrogen and oxygen atoms in total. The number of hydrogen-bond acceptors (Lipinski definition) is 2. The Morgan fingerprint density at radius 2 is 1.70 bits per heavy atom. The van der Waals surface area contributed by atoms with Crippen LogP contribution < -0.4 is 0 Å². The van der Waals surface area contributed by atoms with Crippen LogP contribution in [0, 0.1) is 20.8 Å². The Balaban J connectivity index is 2.48. The number of aromatic nitrogens is 2. The number of rotatable bonds is 4. The second-order valence-electron chi connectivity index (χ2n) is 5.43. The minimum absolute atomic E-state index is 0.609. The molecule has 1 aromatic carbocycles. The second-order valence-corrected chi connectivity index (χ2v) is 5.43. The molecule has 0 fully saturated rings. The molecule has 1 N–H and O–H groups in total. The lowest BCUT2D eigenvalue weighted by Gasteiger charge is -2.17. The second kappa shape index (κ2) is 5.80. The van der Waals surface area contributed by atoms with Crippen LogP contribution in [0.4, 0.5) is 0 Å². The first-order valence-corrected chi connectivity index (χ1v) is 7.30. The fourth-order valence-corrected chi connectivity index (χ4v) is 2.57. The van der Waals surface area contributed by atoms with E-state index in [-0.39, 0.29) is 0 Å². The van der Waals surface area contributed by atoms with E-state index >= 15 is 0 Å². The van der Waals surface area contributed by atoms with Gasteiger partial charge in [-0.1, -0.05) is 19.1 Å². The highest BCUT2D eigenvalue weighted by Gasteiger charge is 2.19. The first-order chi connectivity index (χ1) is 9.47. The predicted molar refractivity (Wildman–Crippen MR) is 82.0 cm³/mol. The third kappa shape index (κ3) is 2.63. The smallest absolute Gasteiger partial charge is 0.121 e. The largest absolute Gasteiger partial charge is 0.382 e. The van der Waals surface area contributed by atoms with Crippen molar-refractivity contribution in [1.29, 1.82) is 0 Å². The zero-order chi connectivity index (χ0) is 14.9. The van der Waals surface area contributed by atoms with Gasteiger partial charge in [-0.05, 0) is 62.4 Å². The molecule has 2 rings (SSSR count). The van der Waals surface area contributed by atoms with Gasteiger partial charge in [0.15, 0.2) is 0 Å². The van der Waals surface area contributed by atoms with Gasteiger partial charge in [0, 0.05) is 6.54 Å². The number of nitrogens with zero attached hydrogens (tertiary/aromatic N) is 2. The summed E-state index contributed by atoms with van der Waals surface area (Å²) in [5, 5.41) is 15.3. The van der Waals surface area contributed by atoms with Crippen molar-refractivity contribution in [2.45, 2.75) is 53.7 Å². The van der Waals surface area contributed by atoms with Crippen molar-refractivity contribution in [1.82, 2.24) is 9.78 Å². The zero-order valence-corrected chi connectivity index (χ0v) is 13.1. The molecule has 0 saturated carbocycles. The third-order valence-corrected chi connectivity index (χ3v) is 3.98. The molecule has 3 heteroatoms. The Morgan fingerprint density at radius 1 is 1.05 bits per heavy atom. The molecular weight excluding hydrogens is 248 g/mol. The molecule has 0 spiro atoms. The van der Waals surface area contributed by atoms with Crippen LogP contribution in [-0.2, 0) is 13.0 Å². The van der Waals surface area contributed by atoms with Crippen LogP contribution in [0.3, 0.4) is 0 Å². The lowest BCUT2D eigenvalue weighted by Crippen LogP contribution is -2.10. The highest BCUT2D eigenvalue weighted by molar-refractivity contribution is 5.40. The van der Waals surface area contributed by atoms with Gasteiger partial charge in [0.25, 0.3) is 0 Å². The summed E-state index contributed by atoms with van der Waals surface area (Å²) in [6.45, 7) is 11.1. The van der Waals surface area contributed by atoms with Crippen molar-refractivity contribution in [3.63, 3.8) is 0 Å². The normalized spacial score (nSPS) is 12.7. The maximum atomic E-state index is 10.7. The van der Waals surface area contributed by atoms with Crippen molar-refractivity contribution in [3.8, 4) is 0 Å². The Bertz CT molecular complexity index is 614. The van der Waals surface area contributed by atoms with Gasteiger partial charge in [0.05, 0.1) is 11.4 Å². The van der Waals surface area contributed by atoms with Gasteiger partial charge in [-0.3, -0.25) is 4.68 Å².